The molecule has 0 N–H and O–H groups in total. The van der Waals surface area contributed by atoms with E-state index in [4.69, 9.17) is 27.9 Å². The molecule has 1 aromatic heterocycles. The van der Waals surface area contributed by atoms with Crippen molar-refractivity contribution in [3.63, 3.8) is 0 Å². The van der Waals surface area contributed by atoms with Crippen LogP contribution in [-0.2, 0) is 11.2 Å². The zero-order chi connectivity index (χ0) is 19.3. The van der Waals surface area contributed by atoms with Gasteiger partial charge in [-0.1, -0.05) is 50.0 Å². The summed E-state index contributed by atoms with van der Waals surface area (Å²) in [6, 6.07) is 5.22. The summed E-state index contributed by atoms with van der Waals surface area (Å²) in [7, 11) is 1.61. The van der Waals surface area contributed by atoms with E-state index in [0.29, 0.717) is 53.6 Å². The first-order valence-corrected chi connectivity index (χ1v) is 9.33. The fourth-order valence-corrected chi connectivity index (χ4v) is 3.15. The molecular weight excluding hydrogens is 375 g/mol. The Bertz CT molecular complexity index is 741. The van der Waals surface area contributed by atoms with Gasteiger partial charge in [0.2, 0.25) is 5.82 Å². The Morgan fingerprint density at radius 1 is 1.31 bits per heavy atom. The molecule has 0 bridgehead atoms. The van der Waals surface area contributed by atoms with Crippen molar-refractivity contribution >= 4 is 29.1 Å². The van der Waals surface area contributed by atoms with Crippen molar-refractivity contribution in [1.82, 2.24) is 19.7 Å². The van der Waals surface area contributed by atoms with E-state index in [1.54, 1.807) is 34.9 Å². The van der Waals surface area contributed by atoms with Crippen molar-refractivity contribution in [2.75, 3.05) is 26.8 Å². The van der Waals surface area contributed by atoms with Gasteiger partial charge in [0.25, 0.3) is 5.91 Å². The van der Waals surface area contributed by atoms with Gasteiger partial charge >= 0.3 is 0 Å². The third-order valence-corrected chi connectivity index (χ3v) is 4.38. The van der Waals surface area contributed by atoms with Crippen molar-refractivity contribution in [1.29, 1.82) is 0 Å². The quantitative estimate of drug-likeness (QED) is 0.676. The minimum atomic E-state index is -0.229. The molecule has 1 amide bonds. The van der Waals surface area contributed by atoms with Crippen LogP contribution in [0.3, 0.4) is 0 Å². The molecule has 0 saturated carbocycles. The van der Waals surface area contributed by atoms with Crippen molar-refractivity contribution in [3.8, 4) is 5.69 Å². The van der Waals surface area contributed by atoms with E-state index in [9.17, 15) is 4.79 Å². The molecule has 26 heavy (non-hydrogen) atoms. The Morgan fingerprint density at radius 3 is 2.50 bits per heavy atom. The van der Waals surface area contributed by atoms with Crippen molar-refractivity contribution in [3.05, 3.63) is 39.9 Å². The molecule has 2 rings (SSSR count). The third-order valence-electron chi connectivity index (χ3n) is 3.77. The minimum absolute atomic E-state index is 0.134. The molecule has 0 aliphatic carbocycles. The summed E-state index contributed by atoms with van der Waals surface area (Å²) in [5.41, 5.74) is 0.534. The summed E-state index contributed by atoms with van der Waals surface area (Å²) in [6.45, 7) is 7.59. The van der Waals surface area contributed by atoms with Crippen LogP contribution in [0.1, 0.15) is 37.2 Å². The predicted molar refractivity (Wildman–Crippen MR) is 103 cm³/mol. The van der Waals surface area contributed by atoms with Crippen molar-refractivity contribution in [2.45, 2.75) is 27.2 Å². The lowest BCUT2D eigenvalue weighted by molar-refractivity contribution is 0.0660. The van der Waals surface area contributed by atoms with Crippen LogP contribution < -0.4 is 0 Å². The standard InChI is InChI=1S/C18H24Cl2N4O2/c1-5-15-21-17(18(25)23(9-10-26-4)11-12(2)3)22-24(15)16-13(19)7-6-8-14(16)20/h6-8,12H,5,9-11H2,1-4H3. The molecule has 0 saturated heterocycles. The molecule has 1 heterocycles. The number of ether oxygens (including phenoxy) is 1. The summed E-state index contributed by atoms with van der Waals surface area (Å²) >= 11 is 12.6. The number of methoxy groups -OCH3 is 1. The number of hydrogen-bond acceptors (Lipinski definition) is 4. The van der Waals surface area contributed by atoms with E-state index < -0.39 is 0 Å². The first kappa shape index (κ1) is 20.7. The molecular formula is C18H24Cl2N4O2. The van der Waals surface area contributed by atoms with Gasteiger partial charge in [0.05, 0.1) is 16.7 Å². The van der Waals surface area contributed by atoms with Gasteiger partial charge in [-0.3, -0.25) is 4.79 Å². The number of rotatable bonds is 8. The first-order chi connectivity index (χ1) is 12.4. The predicted octanol–water partition coefficient (Wildman–Crippen LogP) is 3.88. The molecule has 0 spiro atoms. The molecule has 8 heteroatoms. The Kier molecular flexibility index (Phi) is 7.43. The number of hydrogen-bond donors (Lipinski definition) is 0. The van der Waals surface area contributed by atoms with Crippen molar-refractivity contribution < 1.29 is 9.53 Å². The van der Waals surface area contributed by atoms with Crippen LogP contribution in [0, 0.1) is 5.92 Å². The fourth-order valence-electron chi connectivity index (χ4n) is 2.59. The second kappa shape index (κ2) is 9.35. The van der Waals surface area contributed by atoms with Crippen LogP contribution in [-0.4, -0.2) is 52.4 Å². The van der Waals surface area contributed by atoms with Gasteiger partial charge in [-0.15, -0.1) is 5.10 Å². The summed E-state index contributed by atoms with van der Waals surface area (Å²) in [5.74, 6) is 0.850. The van der Waals surface area contributed by atoms with Crippen LogP contribution in [0.25, 0.3) is 5.69 Å². The van der Waals surface area contributed by atoms with Crippen LogP contribution in [0.2, 0.25) is 10.0 Å². The SMILES string of the molecule is CCc1nc(C(=O)N(CCOC)CC(C)C)nn1-c1c(Cl)cccc1Cl. The van der Waals surface area contributed by atoms with Gasteiger partial charge in [-0.25, -0.2) is 9.67 Å². The maximum absolute atomic E-state index is 12.9. The largest absolute Gasteiger partial charge is 0.383 e. The first-order valence-electron chi connectivity index (χ1n) is 8.57. The highest BCUT2D eigenvalue weighted by Gasteiger charge is 2.24. The molecule has 1 aromatic carbocycles. The zero-order valence-corrected chi connectivity index (χ0v) is 17.0. The number of halogens is 2. The summed E-state index contributed by atoms with van der Waals surface area (Å²) in [6.07, 6.45) is 0.587. The minimum Gasteiger partial charge on any atom is -0.383 e. The van der Waals surface area contributed by atoms with E-state index in [-0.39, 0.29) is 11.7 Å². The van der Waals surface area contributed by atoms with Gasteiger partial charge in [0, 0.05) is 26.6 Å². The van der Waals surface area contributed by atoms with Crippen LogP contribution in [0.15, 0.2) is 18.2 Å². The molecule has 6 nitrogen and oxygen atoms in total. The topological polar surface area (TPSA) is 60.3 Å². The molecule has 142 valence electrons. The highest BCUT2D eigenvalue weighted by molar-refractivity contribution is 6.37. The molecule has 2 aromatic rings. The average Bonchev–Trinajstić information content (AvgIpc) is 3.01. The number of benzene rings is 1. The number of para-hydroxylation sites is 1. The molecule has 0 radical (unpaired) electrons. The van der Waals surface area contributed by atoms with Gasteiger partial charge in [-0.2, -0.15) is 0 Å². The lowest BCUT2D eigenvalue weighted by atomic mass is 10.2. The Balaban J connectivity index is 2.41. The Labute approximate surface area is 164 Å². The third kappa shape index (κ3) is 4.75. The molecule has 0 atom stereocenters. The number of amides is 1. The fraction of sp³-hybridized carbons (Fsp3) is 0.500. The van der Waals surface area contributed by atoms with Gasteiger partial charge < -0.3 is 9.64 Å². The second-order valence-corrected chi connectivity index (χ2v) is 7.14. The summed E-state index contributed by atoms with van der Waals surface area (Å²) < 4.78 is 6.67. The highest BCUT2D eigenvalue weighted by atomic mass is 35.5. The molecule has 0 fully saturated rings. The number of aromatic nitrogens is 3. The van der Waals surface area contributed by atoms with E-state index in [1.807, 2.05) is 6.92 Å². The number of aryl methyl sites for hydroxylation is 1. The number of carbonyl (C=O) groups is 1. The molecule has 0 aliphatic heterocycles. The van der Waals surface area contributed by atoms with E-state index in [1.165, 1.54) is 0 Å². The monoisotopic (exact) mass is 398 g/mol. The summed E-state index contributed by atoms with van der Waals surface area (Å²) in [4.78, 5) is 19.1. The van der Waals surface area contributed by atoms with Crippen LogP contribution >= 0.6 is 23.2 Å². The zero-order valence-electron chi connectivity index (χ0n) is 15.5. The smallest absolute Gasteiger partial charge is 0.293 e. The van der Waals surface area contributed by atoms with Gasteiger partial charge in [-0.05, 0) is 18.1 Å². The number of carbonyl (C=O) groups excluding carboxylic acids is 1. The Hall–Kier alpha value is -1.63. The van der Waals surface area contributed by atoms with E-state index in [2.05, 4.69) is 23.9 Å². The van der Waals surface area contributed by atoms with Crippen LogP contribution in [0.4, 0.5) is 0 Å². The van der Waals surface area contributed by atoms with Gasteiger partial charge in [0.1, 0.15) is 11.5 Å². The van der Waals surface area contributed by atoms with Crippen molar-refractivity contribution in [2.24, 2.45) is 5.92 Å². The maximum atomic E-state index is 12.9. The van der Waals surface area contributed by atoms with E-state index >= 15 is 0 Å². The highest BCUT2D eigenvalue weighted by Crippen LogP contribution is 2.28. The molecule has 0 aliphatic rings. The lowest BCUT2D eigenvalue weighted by Gasteiger charge is -2.22. The second-order valence-electron chi connectivity index (χ2n) is 6.33. The molecule has 0 unspecified atom stereocenters. The Morgan fingerprint density at radius 2 is 1.96 bits per heavy atom. The number of nitrogens with zero attached hydrogens (tertiary/aromatic N) is 4. The average molecular weight is 399 g/mol. The maximum Gasteiger partial charge on any atom is 0.293 e. The lowest BCUT2D eigenvalue weighted by Crippen LogP contribution is -2.37. The summed E-state index contributed by atoms with van der Waals surface area (Å²) in [5, 5.41) is 5.32. The van der Waals surface area contributed by atoms with Gasteiger partial charge in [0.15, 0.2) is 0 Å². The van der Waals surface area contributed by atoms with E-state index in [0.717, 1.165) is 0 Å². The normalized spacial score (nSPS) is 11.2. The van der Waals surface area contributed by atoms with Crippen LogP contribution in [0.5, 0.6) is 0 Å².